The van der Waals surface area contributed by atoms with E-state index in [1.54, 1.807) is 20.8 Å². The molecular weight excluding hydrogens is 292 g/mol. The summed E-state index contributed by atoms with van der Waals surface area (Å²) in [5, 5.41) is 0.600. The Labute approximate surface area is 135 Å². The number of esters is 1. The molecule has 0 spiro atoms. The average molecular weight is 314 g/mol. The molecule has 2 aromatic rings. The van der Waals surface area contributed by atoms with Gasteiger partial charge in [-0.3, -0.25) is 9.59 Å². The van der Waals surface area contributed by atoms with Crippen LogP contribution in [-0.4, -0.2) is 15.9 Å². The number of carbonyl (C=O) groups is 1. The third-order valence-corrected chi connectivity index (χ3v) is 4.35. The van der Waals surface area contributed by atoms with Crippen LogP contribution >= 0.6 is 0 Å². The fraction of sp³-hybridized carbons (Fsp3) is 0.500. The van der Waals surface area contributed by atoms with E-state index in [0.29, 0.717) is 22.6 Å². The van der Waals surface area contributed by atoms with Gasteiger partial charge in [0.2, 0.25) is 0 Å². The van der Waals surface area contributed by atoms with E-state index in [2.05, 4.69) is 16.9 Å². The van der Waals surface area contributed by atoms with E-state index in [9.17, 15) is 9.59 Å². The number of hydrogen-bond donors (Lipinski definition) is 1. The molecule has 1 aliphatic rings. The zero-order valence-corrected chi connectivity index (χ0v) is 14.0. The minimum atomic E-state index is -0.575. The predicted octanol–water partition coefficient (Wildman–Crippen LogP) is 3.06. The van der Waals surface area contributed by atoms with Gasteiger partial charge in [-0.25, -0.2) is 4.98 Å². The molecule has 0 fully saturated rings. The van der Waals surface area contributed by atoms with Crippen molar-refractivity contribution in [2.24, 2.45) is 5.41 Å². The van der Waals surface area contributed by atoms with Gasteiger partial charge in [0.1, 0.15) is 12.4 Å². The maximum absolute atomic E-state index is 12.3. The van der Waals surface area contributed by atoms with Crippen LogP contribution < -0.4 is 5.56 Å². The van der Waals surface area contributed by atoms with Crippen LogP contribution in [0, 0.1) is 5.41 Å². The molecule has 1 unspecified atom stereocenters. The second kappa shape index (κ2) is 5.48. The molecule has 3 rings (SSSR count). The van der Waals surface area contributed by atoms with Crippen molar-refractivity contribution in [2.75, 3.05) is 0 Å². The summed E-state index contributed by atoms with van der Waals surface area (Å²) in [6.07, 6.45) is 2.13. The number of benzene rings is 1. The molecule has 0 saturated carbocycles. The Morgan fingerprint density at radius 3 is 2.83 bits per heavy atom. The highest BCUT2D eigenvalue weighted by Crippen LogP contribution is 2.34. The van der Waals surface area contributed by atoms with Crippen LogP contribution in [-0.2, 0) is 22.6 Å². The van der Waals surface area contributed by atoms with E-state index in [1.807, 2.05) is 12.1 Å². The van der Waals surface area contributed by atoms with E-state index in [0.717, 1.165) is 12.8 Å². The molecule has 1 N–H and O–H groups in total. The summed E-state index contributed by atoms with van der Waals surface area (Å²) in [5.74, 6) is 0.551. The molecule has 0 bridgehead atoms. The molecule has 1 heterocycles. The van der Waals surface area contributed by atoms with Crippen molar-refractivity contribution in [1.82, 2.24) is 9.97 Å². The lowest BCUT2D eigenvalue weighted by molar-refractivity contribution is -0.154. The van der Waals surface area contributed by atoms with Crippen molar-refractivity contribution >= 4 is 16.9 Å². The molecule has 23 heavy (non-hydrogen) atoms. The van der Waals surface area contributed by atoms with Gasteiger partial charge in [0.05, 0.1) is 16.3 Å². The van der Waals surface area contributed by atoms with Gasteiger partial charge in [0, 0.05) is 0 Å². The van der Waals surface area contributed by atoms with Gasteiger partial charge < -0.3 is 9.72 Å². The standard InChI is InChI=1S/C18H22N2O3/c1-10-5-6-11-7-14-13(8-12(10)11)16(21)20-15(19-14)9-23-17(22)18(2,3)4/h7-8,10H,5-6,9H2,1-4H3,(H,19,20,21). The lowest BCUT2D eigenvalue weighted by Crippen LogP contribution is -2.24. The summed E-state index contributed by atoms with van der Waals surface area (Å²) in [7, 11) is 0. The minimum absolute atomic E-state index is 0.0191. The van der Waals surface area contributed by atoms with E-state index in [-0.39, 0.29) is 18.1 Å². The van der Waals surface area contributed by atoms with E-state index < -0.39 is 5.41 Å². The van der Waals surface area contributed by atoms with Crippen LogP contribution in [0.5, 0.6) is 0 Å². The second-order valence-electron chi connectivity index (χ2n) is 7.35. The van der Waals surface area contributed by atoms with Crippen LogP contribution in [0.15, 0.2) is 16.9 Å². The van der Waals surface area contributed by atoms with Crippen molar-refractivity contribution in [1.29, 1.82) is 0 Å². The summed E-state index contributed by atoms with van der Waals surface area (Å²) >= 11 is 0. The number of aromatic nitrogens is 2. The first-order valence-corrected chi connectivity index (χ1v) is 7.98. The summed E-state index contributed by atoms with van der Waals surface area (Å²) in [4.78, 5) is 31.3. The Balaban J connectivity index is 1.93. The molecule has 1 aromatic carbocycles. The summed E-state index contributed by atoms with van der Waals surface area (Å²) in [5.41, 5.74) is 2.42. The van der Waals surface area contributed by atoms with Crippen molar-refractivity contribution in [3.05, 3.63) is 39.4 Å². The molecule has 0 amide bonds. The lowest BCUT2D eigenvalue weighted by Gasteiger charge is -2.16. The normalized spacial score (nSPS) is 17.3. The molecule has 5 heteroatoms. The fourth-order valence-corrected chi connectivity index (χ4v) is 2.92. The van der Waals surface area contributed by atoms with E-state index in [4.69, 9.17) is 4.74 Å². The molecule has 1 aliphatic carbocycles. The highest BCUT2D eigenvalue weighted by atomic mass is 16.5. The van der Waals surface area contributed by atoms with Gasteiger partial charge in [-0.1, -0.05) is 6.92 Å². The number of H-pyrrole nitrogens is 1. The SMILES string of the molecule is CC1CCc2cc3nc(COC(=O)C(C)(C)C)[nH]c(=O)c3cc21. The maximum atomic E-state index is 12.3. The largest absolute Gasteiger partial charge is 0.457 e. The molecular formula is C18H22N2O3. The smallest absolute Gasteiger partial charge is 0.311 e. The predicted molar refractivity (Wildman–Crippen MR) is 88.4 cm³/mol. The van der Waals surface area contributed by atoms with Gasteiger partial charge >= 0.3 is 5.97 Å². The van der Waals surface area contributed by atoms with E-state index in [1.165, 1.54) is 11.1 Å². The fourth-order valence-electron chi connectivity index (χ4n) is 2.92. The van der Waals surface area contributed by atoms with Crippen molar-refractivity contribution in [2.45, 2.75) is 53.1 Å². The Hall–Kier alpha value is -2.17. The van der Waals surface area contributed by atoms with Gasteiger partial charge in [-0.2, -0.15) is 0 Å². The molecule has 0 aliphatic heterocycles. The van der Waals surface area contributed by atoms with Crippen LogP contribution in [0.1, 0.15) is 57.0 Å². The van der Waals surface area contributed by atoms with Crippen molar-refractivity contribution < 1.29 is 9.53 Å². The molecule has 1 atom stereocenters. The van der Waals surface area contributed by atoms with Gasteiger partial charge in [0.25, 0.3) is 5.56 Å². The molecule has 122 valence electrons. The first kappa shape index (κ1) is 15.7. The maximum Gasteiger partial charge on any atom is 0.311 e. The second-order valence-corrected chi connectivity index (χ2v) is 7.35. The number of aromatic amines is 1. The Morgan fingerprint density at radius 1 is 1.39 bits per heavy atom. The number of nitrogens with one attached hydrogen (secondary N) is 1. The molecule has 0 radical (unpaired) electrons. The zero-order chi connectivity index (χ0) is 16.8. The number of carbonyl (C=O) groups excluding carboxylic acids is 1. The summed E-state index contributed by atoms with van der Waals surface area (Å²) in [6.45, 7) is 7.53. The van der Waals surface area contributed by atoms with Gasteiger partial charge in [-0.15, -0.1) is 0 Å². The monoisotopic (exact) mass is 314 g/mol. The Kier molecular flexibility index (Phi) is 3.74. The van der Waals surface area contributed by atoms with Crippen LogP contribution in [0.2, 0.25) is 0 Å². The summed E-state index contributed by atoms with van der Waals surface area (Å²) in [6, 6.07) is 3.96. The third kappa shape index (κ3) is 3.00. The van der Waals surface area contributed by atoms with E-state index >= 15 is 0 Å². The topological polar surface area (TPSA) is 72.0 Å². The molecule has 5 nitrogen and oxygen atoms in total. The number of fused-ring (bicyclic) bond motifs is 2. The Morgan fingerprint density at radius 2 is 2.13 bits per heavy atom. The highest BCUT2D eigenvalue weighted by molar-refractivity contribution is 5.80. The summed E-state index contributed by atoms with van der Waals surface area (Å²) < 4.78 is 5.23. The average Bonchev–Trinajstić information content (AvgIpc) is 2.83. The minimum Gasteiger partial charge on any atom is -0.457 e. The Bertz CT molecular complexity index is 831. The van der Waals surface area contributed by atoms with Gasteiger partial charge in [-0.05, 0) is 62.8 Å². The first-order valence-electron chi connectivity index (χ1n) is 7.98. The van der Waals surface area contributed by atoms with Crippen molar-refractivity contribution in [3.63, 3.8) is 0 Å². The van der Waals surface area contributed by atoms with Crippen molar-refractivity contribution in [3.8, 4) is 0 Å². The number of nitrogens with zero attached hydrogens (tertiary/aromatic N) is 1. The number of aryl methyl sites for hydroxylation is 1. The lowest BCUT2D eigenvalue weighted by atomic mass is 9.97. The molecule has 0 saturated heterocycles. The first-order chi connectivity index (χ1) is 10.8. The number of rotatable bonds is 2. The third-order valence-electron chi connectivity index (χ3n) is 4.35. The van der Waals surface area contributed by atoms with Crippen LogP contribution in [0.3, 0.4) is 0 Å². The molecule has 1 aromatic heterocycles. The van der Waals surface area contributed by atoms with Gasteiger partial charge in [0.15, 0.2) is 0 Å². The van der Waals surface area contributed by atoms with Crippen LogP contribution in [0.4, 0.5) is 0 Å². The zero-order valence-electron chi connectivity index (χ0n) is 14.0. The quantitative estimate of drug-likeness (QED) is 0.865. The number of ether oxygens (including phenoxy) is 1. The van der Waals surface area contributed by atoms with Crippen LogP contribution in [0.25, 0.3) is 10.9 Å². The highest BCUT2D eigenvalue weighted by Gasteiger charge is 2.24. The number of hydrogen-bond acceptors (Lipinski definition) is 4.